The molecule has 146 valence electrons. The van der Waals surface area contributed by atoms with Crippen molar-refractivity contribution in [2.45, 2.75) is 31.2 Å². The van der Waals surface area contributed by atoms with E-state index in [1.165, 1.54) is 36.2 Å². The van der Waals surface area contributed by atoms with Gasteiger partial charge in [-0.2, -0.15) is 0 Å². The summed E-state index contributed by atoms with van der Waals surface area (Å²) >= 11 is 1.50. The van der Waals surface area contributed by atoms with E-state index in [-0.39, 0.29) is 17.3 Å². The number of halogens is 2. The first-order chi connectivity index (χ1) is 13.5. The fraction of sp³-hybridized carbons (Fsp3) is 0.350. The fourth-order valence-electron chi connectivity index (χ4n) is 4.12. The molecule has 2 unspecified atom stereocenters. The van der Waals surface area contributed by atoms with Crippen molar-refractivity contribution in [1.82, 2.24) is 4.98 Å². The second-order valence-corrected chi connectivity index (χ2v) is 8.17. The van der Waals surface area contributed by atoms with Gasteiger partial charge in [0.1, 0.15) is 5.82 Å². The predicted octanol–water partition coefficient (Wildman–Crippen LogP) is 4.06. The van der Waals surface area contributed by atoms with Crippen LogP contribution in [0.15, 0.2) is 41.7 Å². The molecule has 2 aliphatic rings. The van der Waals surface area contributed by atoms with Crippen LogP contribution in [0.1, 0.15) is 41.6 Å². The largest absolute Gasteiger partial charge is 0.379 e. The van der Waals surface area contributed by atoms with Crippen LogP contribution in [-0.2, 0) is 5.54 Å². The number of fused-ring (bicyclic) bond motifs is 1. The van der Waals surface area contributed by atoms with E-state index in [0.29, 0.717) is 22.8 Å². The van der Waals surface area contributed by atoms with Crippen molar-refractivity contribution in [2.24, 2.45) is 16.6 Å². The van der Waals surface area contributed by atoms with E-state index < -0.39 is 17.3 Å². The maximum absolute atomic E-state index is 14.9. The number of carbonyl (C=O) groups is 1. The van der Waals surface area contributed by atoms with Gasteiger partial charge in [-0.15, -0.1) is 0 Å². The Hall–Kier alpha value is -2.48. The molecule has 0 saturated heterocycles. The normalized spacial score (nSPS) is 24.2. The van der Waals surface area contributed by atoms with Crippen molar-refractivity contribution in [3.63, 3.8) is 0 Å². The lowest BCUT2D eigenvalue weighted by atomic mass is 9.69. The molecule has 5 nitrogen and oxygen atoms in total. The van der Waals surface area contributed by atoms with Crippen LogP contribution in [0.3, 0.4) is 0 Å². The van der Waals surface area contributed by atoms with Crippen molar-refractivity contribution in [3.8, 4) is 0 Å². The Balaban J connectivity index is 1.70. The molecule has 0 spiro atoms. The number of thioether (sulfide) groups is 1. The number of amides is 1. The highest BCUT2D eigenvalue weighted by Crippen LogP contribution is 2.50. The second kappa shape index (κ2) is 7.50. The quantitative estimate of drug-likeness (QED) is 0.811. The maximum Gasteiger partial charge on any atom is 0.258 e. The van der Waals surface area contributed by atoms with Crippen LogP contribution >= 0.6 is 11.8 Å². The standard InChI is InChI=1S/C20H20F2N4OS/c21-16-5-4-13(25-18(27)14-6-8-24-10-17(14)22)9-15(16)20-7-2-1-3-12(20)11-28-19(23)26-20/h4-6,8-10,12H,1-3,7,11H2,(H2,23,26)(H,25,27). The number of nitrogens with zero attached hydrogens (tertiary/aromatic N) is 2. The average Bonchev–Trinajstić information content (AvgIpc) is 2.69. The molecule has 1 aromatic carbocycles. The third-order valence-corrected chi connectivity index (χ3v) is 6.44. The summed E-state index contributed by atoms with van der Waals surface area (Å²) in [5.41, 5.74) is 6.00. The molecule has 1 aliphatic heterocycles. The van der Waals surface area contributed by atoms with Crippen LogP contribution < -0.4 is 11.1 Å². The summed E-state index contributed by atoms with van der Waals surface area (Å²) in [5, 5.41) is 3.11. The van der Waals surface area contributed by atoms with Crippen LogP contribution in [0.5, 0.6) is 0 Å². The minimum Gasteiger partial charge on any atom is -0.379 e. The summed E-state index contributed by atoms with van der Waals surface area (Å²) in [4.78, 5) is 20.8. The highest BCUT2D eigenvalue weighted by atomic mass is 32.2. The van der Waals surface area contributed by atoms with Crippen LogP contribution in [-0.4, -0.2) is 21.8 Å². The number of anilines is 1. The summed E-state index contributed by atoms with van der Waals surface area (Å²) in [6.45, 7) is 0. The minimum atomic E-state index is -0.713. The zero-order valence-electron chi connectivity index (χ0n) is 15.1. The summed E-state index contributed by atoms with van der Waals surface area (Å²) < 4.78 is 28.7. The number of carbonyl (C=O) groups excluding carboxylic acids is 1. The molecular formula is C20H20F2N4OS. The van der Waals surface area contributed by atoms with Gasteiger partial charge in [0.05, 0.1) is 17.3 Å². The molecule has 3 N–H and O–H groups in total. The summed E-state index contributed by atoms with van der Waals surface area (Å²) in [5.74, 6) is -0.708. The maximum atomic E-state index is 14.9. The molecule has 1 aromatic heterocycles. The van der Waals surface area contributed by atoms with E-state index in [0.717, 1.165) is 31.2 Å². The molecule has 1 fully saturated rings. The Kier molecular flexibility index (Phi) is 5.05. The zero-order chi connectivity index (χ0) is 19.7. The number of nitrogens with one attached hydrogen (secondary N) is 1. The number of hydrogen-bond donors (Lipinski definition) is 2. The molecule has 28 heavy (non-hydrogen) atoms. The first-order valence-electron chi connectivity index (χ1n) is 9.18. The number of pyridine rings is 1. The van der Waals surface area contributed by atoms with Crippen molar-refractivity contribution in [2.75, 3.05) is 11.1 Å². The highest BCUT2D eigenvalue weighted by Gasteiger charge is 2.46. The lowest BCUT2D eigenvalue weighted by molar-refractivity contribution is 0.102. The first kappa shape index (κ1) is 18.9. The van der Waals surface area contributed by atoms with E-state index in [9.17, 15) is 13.6 Å². The van der Waals surface area contributed by atoms with E-state index in [2.05, 4.69) is 10.3 Å². The number of nitrogens with two attached hydrogens (primary N) is 1. The van der Waals surface area contributed by atoms with E-state index in [1.807, 2.05) is 0 Å². The van der Waals surface area contributed by atoms with Crippen LogP contribution in [0.25, 0.3) is 0 Å². The Morgan fingerprint density at radius 3 is 2.93 bits per heavy atom. The lowest BCUT2D eigenvalue weighted by Gasteiger charge is -2.44. The van der Waals surface area contributed by atoms with Gasteiger partial charge in [0.2, 0.25) is 0 Å². The van der Waals surface area contributed by atoms with Gasteiger partial charge in [-0.1, -0.05) is 24.6 Å². The van der Waals surface area contributed by atoms with Gasteiger partial charge in [0, 0.05) is 23.2 Å². The topological polar surface area (TPSA) is 80.4 Å². The smallest absolute Gasteiger partial charge is 0.258 e. The molecule has 2 atom stereocenters. The van der Waals surface area contributed by atoms with Gasteiger partial charge in [-0.25, -0.2) is 8.78 Å². The molecule has 2 heterocycles. The molecule has 4 rings (SSSR count). The van der Waals surface area contributed by atoms with Crippen molar-refractivity contribution < 1.29 is 13.6 Å². The van der Waals surface area contributed by atoms with Crippen molar-refractivity contribution in [3.05, 3.63) is 59.4 Å². The Labute approximate surface area is 165 Å². The van der Waals surface area contributed by atoms with Crippen LogP contribution in [0, 0.1) is 17.6 Å². The van der Waals surface area contributed by atoms with Crippen molar-refractivity contribution in [1.29, 1.82) is 0 Å². The van der Waals surface area contributed by atoms with Crippen molar-refractivity contribution >= 4 is 28.5 Å². The molecule has 1 saturated carbocycles. The molecule has 0 bridgehead atoms. The van der Waals surface area contributed by atoms with Crippen LogP contribution in [0.4, 0.5) is 14.5 Å². The van der Waals surface area contributed by atoms with Gasteiger partial charge in [0.15, 0.2) is 11.0 Å². The third kappa shape index (κ3) is 3.37. The SMILES string of the molecule is NC1=NC2(c3cc(NC(=O)c4ccncc4F)ccc3F)CCCCC2CS1. The lowest BCUT2D eigenvalue weighted by Crippen LogP contribution is -2.43. The van der Waals surface area contributed by atoms with E-state index in [4.69, 9.17) is 10.7 Å². The third-order valence-electron chi connectivity index (χ3n) is 5.49. The molecular weight excluding hydrogens is 382 g/mol. The molecule has 1 aliphatic carbocycles. The van der Waals surface area contributed by atoms with Gasteiger partial charge in [-0.3, -0.25) is 14.8 Å². The Morgan fingerprint density at radius 1 is 1.25 bits per heavy atom. The molecule has 8 heteroatoms. The molecule has 1 amide bonds. The number of hydrogen-bond acceptors (Lipinski definition) is 5. The number of benzene rings is 1. The van der Waals surface area contributed by atoms with E-state index >= 15 is 0 Å². The fourth-order valence-corrected chi connectivity index (χ4v) is 5.16. The van der Waals surface area contributed by atoms with Crippen LogP contribution in [0.2, 0.25) is 0 Å². The number of aliphatic imine (C=N–C) groups is 1. The first-order valence-corrected chi connectivity index (χ1v) is 10.2. The van der Waals surface area contributed by atoms with Gasteiger partial charge < -0.3 is 11.1 Å². The van der Waals surface area contributed by atoms with Gasteiger partial charge >= 0.3 is 0 Å². The summed E-state index contributed by atoms with van der Waals surface area (Å²) in [6, 6.07) is 5.70. The second-order valence-electron chi connectivity index (χ2n) is 7.13. The molecule has 2 aromatic rings. The predicted molar refractivity (Wildman–Crippen MR) is 106 cm³/mol. The van der Waals surface area contributed by atoms with Gasteiger partial charge in [-0.05, 0) is 43.0 Å². The Morgan fingerprint density at radius 2 is 2.11 bits per heavy atom. The number of amidine groups is 1. The highest BCUT2D eigenvalue weighted by molar-refractivity contribution is 8.13. The molecule has 0 radical (unpaired) electrons. The summed E-state index contributed by atoms with van der Waals surface area (Å²) in [6.07, 6.45) is 6.02. The monoisotopic (exact) mass is 402 g/mol. The van der Waals surface area contributed by atoms with E-state index in [1.54, 1.807) is 6.07 Å². The van der Waals surface area contributed by atoms with Gasteiger partial charge in [0.25, 0.3) is 5.91 Å². The zero-order valence-corrected chi connectivity index (χ0v) is 15.9. The average molecular weight is 402 g/mol. The number of aromatic nitrogens is 1. The number of rotatable bonds is 3. The minimum absolute atomic E-state index is 0.120. The Bertz CT molecular complexity index is 952. The summed E-state index contributed by atoms with van der Waals surface area (Å²) in [7, 11) is 0.